The van der Waals surface area contributed by atoms with Crippen molar-refractivity contribution in [2.75, 3.05) is 6.54 Å². The Morgan fingerprint density at radius 3 is 2.00 bits per heavy atom. The number of nitrogens with zero attached hydrogens (tertiary/aromatic N) is 2. The third kappa shape index (κ3) is 4.05. The van der Waals surface area contributed by atoms with E-state index in [1.54, 1.807) is 0 Å². The van der Waals surface area contributed by atoms with Gasteiger partial charge in [0.2, 0.25) is 0 Å². The van der Waals surface area contributed by atoms with Crippen molar-refractivity contribution in [2.24, 2.45) is 0 Å². The first-order chi connectivity index (χ1) is 8.24. The van der Waals surface area contributed by atoms with Crippen molar-refractivity contribution < 1.29 is 0 Å². The highest BCUT2D eigenvalue weighted by Gasteiger charge is 2.17. The number of aromatic nitrogens is 2. The van der Waals surface area contributed by atoms with Crippen LogP contribution in [0.3, 0.4) is 0 Å². The molecule has 1 unspecified atom stereocenters. The van der Waals surface area contributed by atoms with Crippen molar-refractivity contribution in [1.82, 2.24) is 15.3 Å². The number of rotatable bonds is 4. The molecule has 3 nitrogen and oxygen atoms in total. The smallest absolute Gasteiger partial charge is 0.128 e. The number of aryl methyl sites for hydroxylation is 3. The van der Waals surface area contributed by atoms with E-state index >= 15 is 0 Å². The van der Waals surface area contributed by atoms with Crippen LogP contribution >= 0.6 is 0 Å². The van der Waals surface area contributed by atoms with Gasteiger partial charge >= 0.3 is 0 Å². The van der Waals surface area contributed by atoms with Gasteiger partial charge in [0.05, 0.1) is 0 Å². The van der Waals surface area contributed by atoms with Crippen molar-refractivity contribution in [1.29, 1.82) is 0 Å². The summed E-state index contributed by atoms with van der Waals surface area (Å²) in [5.41, 5.74) is 3.70. The van der Waals surface area contributed by atoms with E-state index in [0.717, 1.165) is 30.2 Å². The lowest BCUT2D eigenvalue weighted by molar-refractivity contribution is 0.411. The molecule has 1 rings (SSSR count). The molecule has 0 aliphatic carbocycles. The fourth-order valence-corrected chi connectivity index (χ4v) is 2.23. The van der Waals surface area contributed by atoms with Gasteiger partial charge in [-0.1, -0.05) is 13.8 Å². The summed E-state index contributed by atoms with van der Waals surface area (Å²) in [7, 11) is 0. The van der Waals surface area contributed by atoms with Gasteiger partial charge < -0.3 is 5.32 Å². The quantitative estimate of drug-likeness (QED) is 0.890. The van der Waals surface area contributed by atoms with Gasteiger partial charge in [-0.05, 0) is 46.1 Å². The molecule has 0 saturated carbocycles. The maximum absolute atomic E-state index is 4.58. The van der Waals surface area contributed by atoms with Crippen LogP contribution in [0.5, 0.6) is 0 Å². The molecule has 0 bridgehead atoms. The largest absolute Gasteiger partial charge is 0.311 e. The van der Waals surface area contributed by atoms with Crippen LogP contribution in [-0.4, -0.2) is 22.1 Å². The monoisotopic (exact) mass is 249 g/mol. The zero-order valence-corrected chi connectivity index (χ0v) is 12.9. The molecule has 102 valence electrons. The van der Waals surface area contributed by atoms with Crippen molar-refractivity contribution in [2.45, 2.75) is 66.3 Å². The van der Waals surface area contributed by atoms with Gasteiger partial charge in [-0.15, -0.1) is 0 Å². The summed E-state index contributed by atoms with van der Waals surface area (Å²) in [5, 5.41) is 3.55. The lowest BCUT2D eigenvalue weighted by Crippen LogP contribution is -2.38. The predicted octanol–water partition coefficient (Wildman–Crippen LogP) is 3.15. The summed E-state index contributed by atoms with van der Waals surface area (Å²) < 4.78 is 0. The zero-order chi connectivity index (χ0) is 13.9. The van der Waals surface area contributed by atoms with Gasteiger partial charge in [0.1, 0.15) is 5.82 Å². The van der Waals surface area contributed by atoms with Gasteiger partial charge in [0.15, 0.2) is 0 Å². The van der Waals surface area contributed by atoms with Gasteiger partial charge in [-0.3, -0.25) is 0 Å². The molecule has 0 spiro atoms. The fourth-order valence-electron chi connectivity index (χ4n) is 2.23. The summed E-state index contributed by atoms with van der Waals surface area (Å²) in [4.78, 5) is 9.16. The minimum absolute atomic E-state index is 0.153. The van der Waals surface area contributed by atoms with Crippen LogP contribution in [0.2, 0.25) is 0 Å². The van der Waals surface area contributed by atoms with E-state index in [4.69, 9.17) is 0 Å². The Kier molecular flexibility index (Phi) is 4.85. The van der Waals surface area contributed by atoms with Crippen LogP contribution in [0.15, 0.2) is 0 Å². The van der Waals surface area contributed by atoms with Crippen LogP contribution in [0, 0.1) is 13.8 Å². The van der Waals surface area contributed by atoms with Gasteiger partial charge in [-0.2, -0.15) is 0 Å². The van der Waals surface area contributed by atoms with E-state index in [1.807, 2.05) is 0 Å². The summed E-state index contributed by atoms with van der Waals surface area (Å²) in [6.07, 6.45) is 0.899. The average Bonchev–Trinajstić information content (AvgIpc) is 2.24. The molecule has 0 aliphatic rings. The maximum Gasteiger partial charge on any atom is 0.128 e. The molecule has 18 heavy (non-hydrogen) atoms. The molecule has 0 fully saturated rings. The van der Waals surface area contributed by atoms with Crippen molar-refractivity contribution in [3.63, 3.8) is 0 Å². The average molecular weight is 249 g/mol. The highest BCUT2D eigenvalue weighted by atomic mass is 14.9. The van der Waals surface area contributed by atoms with Crippen molar-refractivity contribution >= 4 is 0 Å². The SMILES string of the molecule is CCc1nc(C)c(C(C)CNC(C)(C)C)c(C)n1. The molecule has 0 amide bonds. The minimum atomic E-state index is 0.153. The molecular formula is C15H27N3. The second kappa shape index (κ2) is 5.79. The van der Waals surface area contributed by atoms with Crippen LogP contribution in [0.25, 0.3) is 0 Å². The highest BCUT2D eigenvalue weighted by Crippen LogP contribution is 2.21. The first-order valence-electron chi connectivity index (χ1n) is 6.83. The molecule has 1 aromatic heterocycles. The molecule has 0 saturated heterocycles. The Balaban J connectivity index is 2.89. The van der Waals surface area contributed by atoms with Gasteiger partial charge in [0, 0.05) is 29.9 Å². The molecule has 1 N–H and O–H groups in total. The lowest BCUT2D eigenvalue weighted by Gasteiger charge is -2.25. The van der Waals surface area contributed by atoms with Gasteiger partial charge in [0.25, 0.3) is 0 Å². The second-order valence-corrected chi connectivity index (χ2v) is 6.11. The lowest BCUT2D eigenvalue weighted by atomic mass is 9.96. The fraction of sp³-hybridized carbons (Fsp3) is 0.733. The van der Waals surface area contributed by atoms with Crippen LogP contribution in [-0.2, 0) is 6.42 Å². The molecule has 0 radical (unpaired) electrons. The highest BCUT2D eigenvalue weighted by molar-refractivity contribution is 5.28. The van der Waals surface area contributed by atoms with Crippen LogP contribution in [0.1, 0.15) is 63.3 Å². The Bertz CT molecular complexity index is 382. The van der Waals surface area contributed by atoms with Crippen LogP contribution < -0.4 is 5.32 Å². The van der Waals surface area contributed by atoms with Crippen molar-refractivity contribution in [3.8, 4) is 0 Å². The molecule has 3 heteroatoms. The van der Waals surface area contributed by atoms with E-state index < -0.39 is 0 Å². The zero-order valence-electron chi connectivity index (χ0n) is 12.9. The third-order valence-corrected chi connectivity index (χ3v) is 3.12. The summed E-state index contributed by atoms with van der Waals surface area (Å²) >= 11 is 0. The third-order valence-electron chi connectivity index (χ3n) is 3.12. The minimum Gasteiger partial charge on any atom is -0.311 e. The first-order valence-corrected chi connectivity index (χ1v) is 6.83. The molecule has 1 aromatic rings. The Hall–Kier alpha value is -0.960. The Labute approximate surface area is 111 Å². The van der Waals surface area contributed by atoms with E-state index in [2.05, 4.69) is 63.8 Å². The molecule has 1 heterocycles. The number of hydrogen-bond donors (Lipinski definition) is 1. The van der Waals surface area contributed by atoms with E-state index in [9.17, 15) is 0 Å². The maximum atomic E-state index is 4.58. The van der Waals surface area contributed by atoms with Crippen molar-refractivity contribution in [3.05, 3.63) is 22.8 Å². The topological polar surface area (TPSA) is 37.8 Å². The second-order valence-electron chi connectivity index (χ2n) is 6.11. The van der Waals surface area contributed by atoms with Gasteiger partial charge in [-0.25, -0.2) is 9.97 Å². The Morgan fingerprint density at radius 2 is 1.61 bits per heavy atom. The standard InChI is InChI=1S/C15H27N3/c1-8-13-17-11(3)14(12(4)18-13)10(2)9-16-15(5,6)7/h10,16H,8-9H2,1-7H3. The van der Waals surface area contributed by atoms with E-state index in [-0.39, 0.29) is 5.54 Å². The van der Waals surface area contributed by atoms with Crippen LogP contribution in [0.4, 0.5) is 0 Å². The molecule has 0 aliphatic heterocycles. The van der Waals surface area contributed by atoms with E-state index in [0.29, 0.717) is 5.92 Å². The summed E-state index contributed by atoms with van der Waals surface area (Å²) in [5.74, 6) is 1.39. The molecule has 0 aromatic carbocycles. The normalized spacial score (nSPS) is 13.7. The molecular weight excluding hydrogens is 222 g/mol. The number of nitrogens with one attached hydrogen (secondary N) is 1. The first kappa shape index (κ1) is 15.1. The number of hydrogen-bond acceptors (Lipinski definition) is 3. The summed E-state index contributed by atoms with van der Waals surface area (Å²) in [6, 6.07) is 0. The predicted molar refractivity (Wildman–Crippen MR) is 77.1 cm³/mol. The molecule has 1 atom stereocenters. The van der Waals surface area contributed by atoms with E-state index in [1.165, 1.54) is 5.56 Å². The summed E-state index contributed by atoms with van der Waals surface area (Å²) in [6.45, 7) is 16.1. The Morgan fingerprint density at radius 1 is 1.11 bits per heavy atom.